The fourth-order valence-corrected chi connectivity index (χ4v) is 4.71. The predicted octanol–water partition coefficient (Wildman–Crippen LogP) is 5.61. The van der Waals surface area contributed by atoms with Gasteiger partial charge in [-0.05, 0) is 54.4 Å². The van der Waals surface area contributed by atoms with Gasteiger partial charge in [-0.2, -0.15) is 0 Å². The highest BCUT2D eigenvalue weighted by Gasteiger charge is 2.29. The summed E-state index contributed by atoms with van der Waals surface area (Å²) in [5.74, 6) is 1.42. The molecule has 1 heterocycles. The number of nitrogens with one attached hydrogen (secondary N) is 2. The fourth-order valence-electron chi connectivity index (χ4n) is 3.80. The van der Waals surface area contributed by atoms with Crippen molar-refractivity contribution in [1.82, 2.24) is 5.32 Å². The van der Waals surface area contributed by atoms with Crippen LogP contribution in [0.25, 0.3) is 0 Å². The first-order valence-corrected chi connectivity index (χ1v) is 12.4. The molecule has 2 N–H and O–H groups in total. The molecule has 0 saturated heterocycles. The van der Waals surface area contributed by atoms with E-state index in [1.807, 2.05) is 87.7 Å². The van der Waals surface area contributed by atoms with E-state index in [-0.39, 0.29) is 5.91 Å². The van der Waals surface area contributed by atoms with Crippen LogP contribution >= 0.6 is 11.8 Å². The van der Waals surface area contributed by atoms with Crippen molar-refractivity contribution in [3.05, 3.63) is 101 Å². The van der Waals surface area contributed by atoms with E-state index in [0.717, 1.165) is 39.3 Å². The van der Waals surface area contributed by atoms with E-state index < -0.39 is 6.04 Å². The Labute approximate surface area is 211 Å². The highest BCUT2D eigenvalue weighted by atomic mass is 32.2. The maximum atomic E-state index is 13.4. The number of hydrogen-bond acceptors (Lipinski definition) is 6. The number of anilines is 2. The van der Waals surface area contributed by atoms with Gasteiger partial charge in [0.2, 0.25) is 0 Å². The maximum absolute atomic E-state index is 13.4. The molecular weight excluding hydrogens is 456 g/mol. The molecule has 0 fully saturated rings. The number of ether oxygens (including phenoxy) is 1. The molecule has 0 aliphatic carbocycles. The van der Waals surface area contributed by atoms with Gasteiger partial charge in [0.1, 0.15) is 11.8 Å². The number of rotatable bonds is 7. The lowest BCUT2D eigenvalue weighted by Gasteiger charge is -2.27. The molecule has 1 atom stereocenters. The summed E-state index contributed by atoms with van der Waals surface area (Å²) in [6, 6.07) is 25.3. The van der Waals surface area contributed by atoms with E-state index in [0.29, 0.717) is 5.57 Å². The SMILES string of the molecule is COc1ccc(CSC2=N[C@H](c3ccc(N(C)C)cc3)C(C(=O)Nc3ccccc3)=C(C)N2)cc1. The molecule has 0 spiro atoms. The van der Waals surface area contributed by atoms with E-state index in [1.165, 1.54) is 5.56 Å². The van der Waals surface area contributed by atoms with Gasteiger partial charge in [-0.25, -0.2) is 4.99 Å². The molecule has 0 saturated carbocycles. The number of aliphatic imine (C=N–C) groups is 1. The van der Waals surface area contributed by atoms with Gasteiger partial charge in [0.05, 0.1) is 12.7 Å². The summed E-state index contributed by atoms with van der Waals surface area (Å²) in [6.07, 6.45) is 0. The van der Waals surface area contributed by atoms with Crippen molar-refractivity contribution in [1.29, 1.82) is 0 Å². The van der Waals surface area contributed by atoms with Crippen LogP contribution in [0.5, 0.6) is 5.75 Å². The number of allylic oxidation sites excluding steroid dienone is 1. The third kappa shape index (κ3) is 6.05. The van der Waals surface area contributed by atoms with Crippen LogP contribution in [-0.4, -0.2) is 32.3 Å². The molecule has 180 valence electrons. The van der Waals surface area contributed by atoms with Crippen LogP contribution in [-0.2, 0) is 10.5 Å². The molecule has 0 unspecified atom stereocenters. The van der Waals surface area contributed by atoms with Gasteiger partial charge in [-0.15, -0.1) is 0 Å². The lowest BCUT2D eigenvalue weighted by molar-refractivity contribution is -0.113. The van der Waals surface area contributed by atoms with Gasteiger partial charge < -0.3 is 20.3 Å². The molecule has 3 aromatic carbocycles. The number of nitrogens with zero attached hydrogens (tertiary/aromatic N) is 2. The van der Waals surface area contributed by atoms with Gasteiger partial charge >= 0.3 is 0 Å². The number of para-hydroxylation sites is 1. The summed E-state index contributed by atoms with van der Waals surface area (Å²) >= 11 is 1.62. The Morgan fingerprint density at radius 1 is 1.03 bits per heavy atom. The molecule has 6 nitrogen and oxygen atoms in total. The Hall–Kier alpha value is -3.71. The van der Waals surface area contributed by atoms with Crippen molar-refractivity contribution < 1.29 is 9.53 Å². The minimum absolute atomic E-state index is 0.161. The number of methoxy groups -OCH3 is 1. The first kappa shape index (κ1) is 24.4. The lowest BCUT2D eigenvalue weighted by atomic mass is 9.95. The van der Waals surface area contributed by atoms with Crippen LogP contribution < -0.4 is 20.3 Å². The molecule has 1 amide bonds. The number of amidine groups is 1. The van der Waals surface area contributed by atoms with Gasteiger partial charge in [-0.3, -0.25) is 4.79 Å². The first-order chi connectivity index (χ1) is 16.9. The van der Waals surface area contributed by atoms with E-state index >= 15 is 0 Å². The number of hydrogen-bond donors (Lipinski definition) is 2. The van der Waals surface area contributed by atoms with E-state index in [4.69, 9.17) is 9.73 Å². The standard InChI is InChI=1S/C28H30N4O2S/c1-19-25(27(33)30-22-8-6-5-7-9-22)26(21-12-14-23(15-13-21)32(2)3)31-28(29-19)35-18-20-10-16-24(34-4)17-11-20/h5-17,26H,18H2,1-4H3,(H,29,31)(H,30,33)/t26-/m1/s1. The van der Waals surface area contributed by atoms with Crippen LogP contribution in [0, 0.1) is 0 Å². The van der Waals surface area contributed by atoms with Crippen LogP contribution in [0.2, 0.25) is 0 Å². The molecular formula is C28H30N4O2S. The second-order valence-corrected chi connectivity index (χ2v) is 9.41. The first-order valence-electron chi connectivity index (χ1n) is 11.4. The van der Waals surface area contributed by atoms with E-state index in [2.05, 4.69) is 27.7 Å². The van der Waals surface area contributed by atoms with Crippen molar-refractivity contribution in [2.45, 2.75) is 18.7 Å². The summed E-state index contributed by atoms with van der Waals surface area (Å²) in [6.45, 7) is 1.93. The average Bonchev–Trinajstić information content (AvgIpc) is 2.88. The molecule has 4 rings (SSSR count). The topological polar surface area (TPSA) is 66.0 Å². The molecule has 35 heavy (non-hydrogen) atoms. The Kier molecular flexibility index (Phi) is 7.77. The molecule has 0 bridgehead atoms. The third-order valence-corrected chi connectivity index (χ3v) is 6.71. The summed E-state index contributed by atoms with van der Waals surface area (Å²) in [4.78, 5) is 20.4. The predicted molar refractivity (Wildman–Crippen MR) is 146 cm³/mol. The summed E-state index contributed by atoms with van der Waals surface area (Å²) in [5, 5.41) is 7.16. The van der Waals surface area contributed by atoms with Crippen molar-refractivity contribution in [3.63, 3.8) is 0 Å². The van der Waals surface area contributed by atoms with Gasteiger partial charge in [0, 0.05) is 36.9 Å². The molecule has 1 aliphatic heterocycles. The van der Waals surface area contributed by atoms with Crippen LogP contribution in [0.1, 0.15) is 24.1 Å². The number of thioether (sulfide) groups is 1. The Morgan fingerprint density at radius 2 is 1.71 bits per heavy atom. The molecule has 7 heteroatoms. The molecule has 1 aliphatic rings. The van der Waals surface area contributed by atoms with Crippen LogP contribution in [0.3, 0.4) is 0 Å². The van der Waals surface area contributed by atoms with Crippen molar-refractivity contribution in [3.8, 4) is 5.75 Å². The fraction of sp³-hybridized carbons (Fsp3) is 0.214. The molecule has 3 aromatic rings. The minimum atomic E-state index is -0.408. The number of amides is 1. The number of carbonyl (C=O) groups is 1. The highest BCUT2D eigenvalue weighted by Crippen LogP contribution is 2.34. The zero-order valence-electron chi connectivity index (χ0n) is 20.4. The summed E-state index contributed by atoms with van der Waals surface area (Å²) in [5.41, 5.74) is 5.39. The van der Waals surface area contributed by atoms with Crippen LogP contribution in [0.4, 0.5) is 11.4 Å². The van der Waals surface area contributed by atoms with E-state index in [9.17, 15) is 4.79 Å². The highest BCUT2D eigenvalue weighted by molar-refractivity contribution is 8.13. The average molecular weight is 487 g/mol. The number of benzene rings is 3. The van der Waals surface area contributed by atoms with E-state index in [1.54, 1.807) is 18.9 Å². The zero-order valence-corrected chi connectivity index (χ0v) is 21.2. The Bertz CT molecular complexity index is 1220. The summed E-state index contributed by atoms with van der Waals surface area (Å²) < 4.78 is 5.25. The van der Waals surface area contributed by atoms with Gasteiger partial charge in [-0.1, -0.05) is 54.2 Å². The largest absolute Gasteiger partial charge is 0.497 e. The van der Waals surface area contributed by atoms with Crippen molar-refractivity contribution in [2.75, 3.05) is 31.4 Å². The minimum Gasteiger partial charge on any atom is -0.497 e. The van der Waals surface area contributed by atoms with Crippen LogP contribution in [0.15, 0.2) is 95.1 Å². The normalized spacial score (nSPS) is 15.2. The molecule has 0 aromatic heterocycles. The van der Waals surface area contributed by atoms with Gasteiger partial charge in [0.25, 0.3) is 5.91 Å². The Balaban J connectivity index is 1.60. The quantitative estimate of drug-likeness (QED) is 0.455. The Morgan fingerprint density at radius 3 is 2.34 bits per heavy atom. The smallest absolute Gasteiger partial charge is 0.255 e. The third-order valence-electron chi connectivity index (χ3n) is 5.75. The maximum Gasteiger partial charge on any atom is 0.255 e. The van der Waals surface area contributed by atoms with Crippen molar-refractivity contribution >= 4 is 34.2 Å². The second-order valence-electron chi connectivity index (χ2n) is 8.44. The summed E-state index contributed by atoms with van der Waals surface area (Å²) in [7, 11) is 5.68. The van der Waals surface area contributed by atoms with Gasteiger partial charge in [0.15, 0.2) is 5.17 Å². The molecule has 0 radical (unpaired) electrons. The number of carbonyl (C=O) groups excluding carboxylic acids is 1. The second kappa shape index (κ2) is 11.1. The lowest BCUT2D eigenvalue weighted by Crippen LogP contribution is -2.32. The van der Waals surface area contributed by atoms with Crippen molar-refractivity contribution in [2.24, 2.45) is 4.99 Å². The monoisotopic (exact) mass is 486 g/mol. The zero-order chi connectivity index (χ0) is 24.8.